The number of rotatable bonds is 5. The molecule has 0 aliphatic rings. The Morgan fingerprint density at radius 2 is 1.67 bits per heavy atom. The lowest BCUT2D eigenvalue weighted by atomic mass is 9.89. The Morgan fingerprint density at radius 3 is 2.00 bits per heavy atom. The van der Waals surface area contributed by atoms with E-state index in [1.54, 1.807) is 0 Å². The molecular formula is C17H24N. The van der Waals surface area contributed by atoms with Gasteiger partial charge in [0.1, 0.15) is 0 Å². The molecular weight excluding hydrogens is 218 g/mol. The van der Waals surface area contributed by atoms with Gasteiger partial charge >= 0.3 is 0 Å². The normalized spacial score (nSPS) is 11.7. The maximum atomic E-state index is 4.47. The molecule has 0 heterocycles. The van der Waals surface area contributed by atoms with Crippen LogP contribution in [0.3, 0.4) is 0 Å². The Balaban J connectivity index is 3.48. The average Bonchev–Trinajstić information content (AvgIpc) is 2.30. The lowest BCUT2D eigenvalue weighted by Crippen LogP contribution is -1.98. The zero-order valence-corrected chi connectivity index (χ0v) is 12.2. The molecule has 0 saturated carbocycles. The first-order valence-electron chi connectivity index (χ1n) is 6.66. The molecule has 97 valence electrons. The van der Waals surface area contributed by atoms with Crippen molar-refractivity contribution in [2.24, 2.45) is 4.99 Å². The summed E-state index contributed by atoms with van der Waals surface area (Å²) in [4.78, 5) is 4.47. The lowest BCUT2D eigenvalue weighted by molar-refractivity contribution is 0.830. The van der Waals surface area contributed by atoms with Crippen LogP contribution in [-0.4, -0.2) is 6.21 Å². The lowest BCUT2D eigenvalue weighted by Gasteiger charge is -2.18. The summed E-state index contributed by atoms with van der Waals surface area (Å²) in [5, 5.41) is 0. The Labute approximate surface area is 112 Å². The summed E-state index contributed by atoms with van der Waals surface area (Å²) < 4.78 is 0. The monoisotopic (exact) mass is 242 g/mol. The minimum absolute atomic E-state index is 0.472. The van der Waals surface area contributed by atoms with Gasteiger partial charge in [0.25, 0.3) is 0 Å². The summed E-state index contributed by atoms with van der Waals surface area (Å²) in [6.45, 7) is 14.5. The van der Waals surface area contributed by atoms with Gasteiger partial charge in [-0.25, -0.2) is 0 Å². The second kappa shape index (κ2) is 6.53. The molecule has 0 aliphatic heterocycles. The van der Waals surface area contributed by atoms with Gasteiger partial charge in [-0.1, -0.05) is 45.9 Å². The van der Waals surface area contributed by atoms with Gasteiger partial charge in [0.2, 0.25) is 0 Å². The van der Waals surface area contributed by atoms with Crippen LogP contribution >= 0.6 is 0 Å². The van der Waals surface area contributed by atoms with E-state index in [0.717, 1.165) is 12.1 Å². The minimum Gasteiger partial charge on any atom is -0.251 e. The third-order valence-corrected chi connectivity index (χ3v) is 3.08. The zero-order valence-electron chi connectivity index (χ0n) is 12.2. The van der Waals surface area contributed by atoms with Gasteiger partial charge in [-0.3, -0.25) is 4.99 Å². The van der Waals surface area contributed by atoms with E-state index in [2.05, 4.69) is 57.6 Å². The van der Waals surface area contributed by atoms with E-state index in [0.29, 0.717) is 11.8 Å². The van der Waals surface area contributed by atoms with Crippen LogP contribution in [0.5, 0.6) is 0 Å². The first-order valence-corrected chi connectivity index (χ1v) is 6.66. The van der Waals surface area contributed by atoms with Crippen molar-refractivity contribution >= 4 is 11.9 Å². The van der Waals surface area contributed by atoms with Crippen LogP contribution in [0.1, 0.15) is 63.1 Å². The molecule has 0 unspecified atom stereocenters. The SMILES string of the molecule is C=CCc1cc(C(C)C)c(N=[C]C)c(C(C)C)c1. The fourth-order valence-electron chi connectivity index (χ4n) is 2.15. The second-order valence-electron chi connectivity index (χ2n) is 5.26. The number of nitrogens with zero attached hydrogens (tertiary/aromatic N) is 1. The van der Waals surface area contributed by atoms with Crippen molar-refractivity contribution in [3.05, 3.63) is 41.5 Å². The van der Waals surface area contributed by atoms with Gasteiger partial charge in [-0.2, -0.15) is 0 Å². The Kier molecular flexibility index (Phi) is 5.33. The molecule has 1 heteroatoms. The van der Waals surface area contributed by atoms with E-state index >= 15 is 0 Å². The molecule has 0 N–H and O–H groups in total. The molecule has 0 aliphatic carbocycles. The Hall–Kier alpha value is -1.37. The molecule has 0 spiro atoms. The minimum atomic E-state index is 0.472. The number of hydrogen-bond donors (Lipinski definition) is 0. The fraction of sp³-hybridized carbons (Fsp3) is 0.471. The van der Waals surface area contributed by atoms with Crippen LogP contribution in [0.15, 0.2) is 29.8 Å². The smallest absolute Gasteiger partial charge is 0.0702 e. The maximum Gasteiger partial charge on any atom is 0.0702 e. The van der Waals surface area contributed by atoms with Crippen LogP contribution < -0.4 is 0 Å². The molecule has 1 nitrogen and oxygen atoms in total. The van der Waals surface area contributed by atoms with Gasteiger partial charge in [-0.15, -0.1) is 6.58 Å². The van der Waals surface area contributed by atoms with E-state index in [1.165, 1.54) is 16.7 Å². The highest BCUT2D eigenvalue weighted by atomic mass is 14.7. The molecule has 0 fully saturated rings. The molecule has 0 aromatic heterocycles. The number of allylic oxidation sites excluding steroid dienone is 1. The van der Waals surface area contributed by atoms with Crippen LogP contribution in [0.2, 0.25) is 0 Å². The number of hydrogen-bond acceptors (Lipinski definition) is 1. The van der Waals surface area contributed by atoms with E-state index in [9.17, 15) is 0 Å². The molecule has 0 bridgehead atoms. The first kappa shape index (κ1) is 14.7. The van der Waals surface area contributed by atoms with Crippen molar-refractivity contribution in [3.8, 4) is 0 Å². The van der Waals surface area contributed by atoms with E-state index in [-0.39, 0.29) is 0 Å². The fourth-order valence-corrected chi connectivity index (χ4v) is 2.15. The number of aliphatic imine (C=N–C) groups is 1. The van der Waals surface area contributed by atoms with Gasteiger partial charge < -0.3 is 0 Å². The Bertz CT molecular complexity index is 410. The second-order valence-corrected chi connectivity index (χ2v) is 5.26. The van der Waals surface area contributed by atoms with Crippen molar-refractivity contribution in [1.29, 1.82) is 0 Å². The third-order valence-electron chi connectivity index (χ3n) is 3.08. The molecule has 1 radical (unpaired) electrons. The molecule has 0 amide bonds. The van der Waals surface area contributed by atoms with Crippen molar-refractivity contribution in [1.82, 2.24) is 0 Å². The summed E-state index contributed by atoms with van der Waals surface area (Å²) in [7, 11) is 0. The predicted octanol–water partition coefficient (Wildman–Crippen LogP) is 5.26. The van der Waals surface area contributed by atoms with Crippen LogP contribution in [0, 0.1) is 0 Å². The van der Waals surface area contributed by atoms with Crippen molar-refractivity contribution < 1.29 is 0 Å². The van der Waals surface area contributed by atoms with Gasteiger partial charge in [0.05, 0.1) is 11.9 Å². The summed E-state index contributed by atoms with van der Waals surface area (Å²) in [5.74, 6) is 0.943. The molecule has 0 atom stereocenters. The molecule has 18 heavy (non-hydrogen) atoms. The van der Waals surface area contributed by atoms with Gasteiger partial charge in [0, 0.05) is 0 Å². The standard InChI is InChI=1S/C17H24N/c1-7-9-14-10-15(12(3)4)17(18-8-2)16(11-14)13(5)6/h7,10-13H,1,9H2,2-6H3. The summed E-state index contributed by atoms with van der Waals surface area (Å²) in [6.07, 6.45) is 5.80. The molecule has 1 aromatic rings. The Morgan fingerprint density at radius 1 is 1.17 bits per heavy atom. The summed E-state index contributed by atoms with van der Waals surface area (Å²) >= 11 is 0. The van der Waals surface area contributed by atoms with Crippen molar-refractivity contribution in [3.63, 3.8) is 0 Å². The van der Waals surface area contributed by atoms with E-state index in [4.69, 9.17) is 0 Å². The van der Waals surface area contributed by atoms with Crippen molar-refractivity contribution in [2.75, 3.05) is 0 Å². The van der Waals surface area contributed by atoms with E-state index in [1.807, 2.05) is 13.0 Å². The highest BCUT2D eigenvalue weighted by Crippen LogP contribution is 2.36. The molecule has 1 aromatic carbocycles. The highest BCUT2D eigenvalue weighted by molar-refractivity contribution is 5.67. The largest absolute Gasteiger partial charge is 0.251 e. The van der Waals surface area contributed by atoms with E-state index < -0.39 is 0 Å². The van der Waals surface area contributed by atoms with Crippen LogP contribution in [0.25, 0.3) is 0 Å². The van der Waals surface area contributed by atoms with Crippen LogP contribution in [0.4, 0.5) is 5.69 Å². The predicted molar refractivity (Wildman–Crippen MR) is 81.3 cm³/mol. The van der Waals surface area contributed by atoms with Gasteiger partial charge in [0.15, 0.2) is 0 Å². The topological polar surface area (TPSA) is 12.4 Å². The average molecular weight is 242 g/mol. The third kappa shape index (κ3) is 3.32. The first-order chi connectivity index (χ1) is 8.51. The maximum absolute atomic E-state index is 4.47. The highest BCUT2D eigenvalue weighted by Gasteiger charge is 2.14. The summed E-state index contributed by atoms with van der Waals surface area (Å²) in [5.41, 5.74) is 5.06. The number of benzene rings is 1. The van der Waals surface area contributed by atoms with Gasteiger partial charge in [-0.05, 0) is 41.9 Å². The quantitative estimate of drug-likeness (QED) is 0.493. The summed E-state index contributed by atoms with van der Waals surface area (Å²) in [6, 6.07) is 4.52. The zero-order chi connectivity index (χ0) is 13.7. The van der Waals surface area contributed by atoms with Crippen molar-refractivity contribution in [2.45, 2.75) is 52.9 Å². The van der Waals surface area contributed by atoms with Crippen LogP contribution in [-0.2, 0) is 6.42 Å². The molecule has 0 saturated heterocycles. The molecule has 1 rings (SSSR count).